The largest absolute Gasteiger partial charge is 0.352 e. The number of hydrogen-bond donors (Lipinski definition) is 1. The summed E-state index contributed by atoms with van der Waals surface area (Å²) in [7, 11) is 0. The summed E-state index contributed by atoms with van der Waals surface area (Å²) in [6.07, 6.45) is 2.93. The lowest BCUT2D eigenvalue weighted by atomic mass is 9.99. The molecular weight excluding hydrogens is 444 g/mol. The Bertz CT molecular complexity index is 1360. The number of aromatic nitrogens is 1. The van der Waals surface area contributed by atoms with Gasteiger partial charge < -0.3 is 10.2 Å². The van der Waals surface area contributed by atoms with E-state index in [1.165, 1.54) is 16.7 Å². The highest BCUT2D eigenvalue weighted by Gasteiger charge is 2.24. The summed E-state index contributed by atoms with van der Waals surface area (Å²) >= 11 is 0. The molecule has 0 saturated carbocycles. The van der Waals surface area contributed by atoms with E-state index in [1.54, 1.807) is 0 Å². The van der Waals surface area contributed by atoms with Crippen molar-refractivity contribution in [3.05, 3.63) is 107 Å². The highest BCUT2D eigenvalue weighted by molar-refractivity contribution is 6.07. The number of rotatable bonds is 5. The van der Waals surface area contributed by atoms with E-state index >= 15 is 0 Å². The quantitative estimate of drug-likeness (QED) is 0.431. The van der Waals surface area contributed by atoms with Crippen molar-refractivity contribution < 1.29 is 4.79 Å². The number of carbonyl (C=O) groups is 1. The second-order valence-corrected chi connectivity index (χ2v) is 9.99. The standard InChI is InChI=1S/C31H32N4O/c36-31(32-26-15-17-34(18-16-26)21-23-8-2-1-3-9-23)28-20-30(33-29-13-7-6-12-27(28)29)35-19-14-24-10-4-5-11-25(24)22-35/h1-13,20,26H,14-19,21-22H2,(H,32,36). The molecule has 0 aliphatic carbocycles. The Kier molecular flexibility index (Phi) is 6.39. The average Bonchev–Trinajstić information content (AvgIpc) is 2.94. The summed E-state index contributed by atoms with van der Waals surface area (Å²) in [5.41, 5.74) is 5.69. The van der Waals surface area contributed by atoms with Gasteiger partial charge in [-0.25, -0.2) is 4.98 Å². The fourth-order valence-corrected chi connectivity index (χ4v) is 5.54. The molecule has 6 rings (SSSR count). The molecule has 1 fully saturated rings. The SMILES string of the molecule is O=C(NC1CCN(Cc2ccccc2)CC1)c1cc(N2CCc3ccccc3C2)nc2ccccc12. The predicted octanol–water partition coefficient (Wildman–Crippen LogP) is 5.19. The summed E-state index contributed by atoms with van der Waals surface area (Å²) < 4.78 is 0. The third-order valence-corrected chi connectivity index (χ3v) is 7.57. The van der Waals surface area contributed by atoms with E-state index in [1.807, 2.05) is 30.3 Å². The van der Waals surface area contributed by atoms with Crippen molar-refractivity contribution in [1.29, 1.82) is 0 Å². The van der Waals surface area contributed by atoms with Crippen LogP contribution in [0.4, 0.5) is 5.82 Å². The van der Waals surface area contributed by atoms with Crippen LogP contribution in [0.2, 0.25) is 0 Å². The Morgan fingerprint density at radius 1 is 0.861 bits per heavy atom. The van der Waals surface area contributed by atoms with Crippen LogP contribution in [-0.4, -0.2) is 41.5 Å². The molecule has 4 aromatic rings. The van der Waals surface area contributed by atoms with Crippen molar-refractivity contribution >= 4 is 22.6 Å². The highest BCUT2D eigenvalue weighted by Crippen LogP contribution is 2.28. The van der Waals surface area contributed by atoms with Crippen LogP contribution in [0.3, 0.4) is 0 Å². The van der Waals surface area contributed by atoms with Crippen LogP contribution in [0.15, 0.2) is 84.9 Å². The second kappa shape index (κ2) is 10.1. The van der Waals surface area contributed by atoms with Gasteiger partial charge in [-0.2, -0.15) is 0 Å². The van der Waals surface area contributed by atoms with Gasteiger partial charge in [0.25, 0.3) is 5.91 Å². The summed E-state index contributed by atoms with van der Waals surface area (Å²) in [6, 6.07) is 29.4. The van der Waals surface area contributed by atoms with Crippen LogP contribution in [0.25, 0.3) is 10.9 Å². The first-order chi connectivity index (χ1) is 17.7. The fraction of sp³-hybridized carbons (Fsp3) is 0.290. The highest BCUT2D eigenvalue weighted by atomic mass is 16.1. The molecule has 2 aliphatic rings. The molecule has 0 bridgehead atoms. The van der Waals surface area contributed by atoms with Crippen LogP contribution in [0.5, 0.6) is 0 Å². The fourth-order valence-electron chi connectivity index (χ4n) is 5.54. The number of piperidine rings is 1. The molecule has 3 heterocycles. The number of likely N-dealkylation sites (tertiary alicyclic amines) is 1. The number of nitrogens with zero attached hydrogens (tertiary/aromatic N) is 3. The molecule has 1 aromatic heterocycles. The van der Waals surface area contributed by atoms with Gasteiger partial charge in [0, 0.05) is 44.2 Å². The molecular formula is C31H32N4O. The smallest absolute Gasteiger partial charge is 0.252 e. The van der Waals surface area contributed by atoms with Crippen molar-refractivity contribution in [2.24, 2.45) is 0 Å². The molecule has 1 saturated heterocycles. The van der Waals surface area contributed by atoms with E-state index in [0.29, 0.717) is 0 Å². The first kappa shape index (κ1) is 22.7. The Balaban J connectivity index is 1.17. The lowest BCUT2D eigenvalue weighted by Gasteiger charge is -2.32. The number of benzene rings is 3. The van der Waals surface area contributed by atoms with Gasteiger partial charge in [0.15, 0.2) is 0 Å². The minimum absolute atomic E-state index is 0.00812. The van der Waals surface area contributed by atoms with Gasteiger partial charge in [0.1, 0.15) is 5.82 Å². The molecule has 1 N–H and O–H groups in total. The van der Waals surface area contributed by atoms with E-state index in [2.05, 4.69) is 69.7 Å². The number of fused-ring (bicyclic) bond motifs is 2. The molecule has 1 amide bonds. The maximum absolute atomic E-state index is 13.6. The average molecular weight is 477 g/mol. The zero-order valence-electron chi connectivity index (χ0n) is 20.6. The zero-order chi connectivity index (χ0) is 24.3. The van der Waals surface area contributed by atoms with Gasteiger partial charge in [0.05, 0.1) is 11.1 Å². The molecule has 0 spiro atoms. The van der Waals surface area contributed by atoms with Gasteiger partial charge in [-0.05, 0) is 48.1 Å². The van der Waals surface area contributed by atoms with Crippen molar-refractivity contribution in [3.8, 4) is 0 Å². The second-order valence-electron chi connectivity index (χ2n) is 9.99. The lowest BCUT2D eigenvalue weighted by Crippen LogP contribution is -2.44. The Labute approximate surface area is 212 Å². The number of anilines is 1. The van der Waals surface area contributed by atoms with Gasteiger partial charge >= 0.3 is 0 Å². The Morgan fingerprint density at radius 2 is 1.58 bits per heavy atom. The first-order valence-corrected chi connectivity index (χ1v) is 13.0. The minimum Gasteiger partial charge on any atom is -0.352 e. The molecule has 3 aromatic carbocycles. The van der Waals surface area contributed by atoms with Crippen molar-refractivity contribution in [2.45, 2.75) is 38.4 Å². The third kappa shape index (κ3) is 4.84. The Hall–Kier alpha value is -3.70. The number of pyridine rings is 1. The predicted molar refractivity (Wildman–Crippen MR) is 145 cm³/mol. The van der Waals surface area contributed by atoms with E-state index in [9.17, 15) is 4.79 Å². The van der Waals surface area contributed by atoms with E-state index in [0.717, 1.165) is 74.3 Å². The molecule has 36 heavy (non-hydrogen) atoms. The van der Waals surface area contributed by atoms with Crippen LogP contribution in [-0.2, 0) is 19.5 Å². The van der Waals surface area contributed by atoms with Crippen molar-refractivity contribution in [3.63, 3.8) is 0 Å². The molecule has 2 aliphatic heterocycles. The topological polar surface area (TPSA) is 48.5 Å². The normalized spacial score (nSPS) is 16.6. The molecule has 5 nitrogen and oxygen atoms in total. The Morgan fingerprint density at radius 3 is 2.42 bits per heavy atom. The number of carbonyl (C=O) groups excluding carboxylic acids is 1. The maximum Gasteiger partial charge on any atom is 0.252 e. The third-order valence-electron chi connectivity index (χ3n) is 7.57. The number of hydrogen-bond acceptors (Lipinski definition) is 4. The number of para-hydroxylation sites is 1. The number of amides is 1. The summed E-state index contributed by atoms with van der Waals surface area (Å²) in [5, 5.41) is 4.26. The van der Waals surface area contributed by atoms with E-state index in [-0.39, 0.29) is 11.9 Å². The minimum atomic E-state index is 0.00812. The molecule has 0 radical (unpaired) electrons. The van der Waals surface area contributed by atoms with E-state index in [4.69, 9.17) is 4.98 Å². The summed E-state index contributed by atoms with van der Waals surface area (Å²) in [6.45, 7) is 4.69. The van der Waals surface area contributed by atoms with Crippen LogP contribution >= 0.6 is 0 Å². The van der Waals surface area contributed by atoms with Gasteiger partial charge in [0.2, 0.25) is 0 Å². The molecule has 0 unspecified atom stereocenters. The first-order valence-electron chi connectivity index (χ1n) is 13.0. The van der Waals surface area contributed by atoms with Crippen LogP contribution in [0, 0.1) is 0 Å². The van der Waals surface area contributed by atoms with Crippen LogP contribution in [0.1, 0.15) is 39.9 Å². The van der Waals surface area contributed by atoms with E-state index < -0.39 is 0 Å². The maximum atomic E-state index is 13.6. The van der Waals surface area contributed by atoms with Gasteiger partial charge in [-0.15, -0.1) is 0 Å². The molecule has 0 atom stereocenters. The van der Waals surface area contributed by atoms with Crippen LogP contribution < -0.4 is 10.2 Å². The zero-order valence-corrected chi connectivity index (χ0v) is 20.6. The molecule has 182 valence electrons. The van der Waals surface area contributed by atoms with Gasteiger partial charge in [-0.1, -0.05) is 72.8 Å². The summed E-state index contributed by atoms with van der Waals surface area (Å²) in [5.74, 6) is 0.889. The van der Waals surface area contributed by atoms with Crippen molar-refractivity contribution in [1.82, 2.24) is 15.2 Å². The summed E-state index contributed by atoms with van der Waals surface area (Å²) in [4.78, 5) is 23.3. The van der Waals surface area contributed by atoms with Crippen molar-refractivity contribution in [2.75, 3.05) is 24.5 Å². The monoisotopic (exact) mass is 476 g/mol. The van der Waals surface area contributed by atoms with Gasteiger partial charge in [-0.3, -0.25) is 9.69 Å². The lowest BCUT2D eigenvalue weighted by molar-refractivity contribution is 0.0910. The number of nitrogens with one attached hydrogen (secondary N) is 1. The molecule has 5 heteroatoms.